The summed E-state index contributed by atoms with van der Waals surface area (Å²) in [6.07, 6.45) is 0.0453. The van der Waals surface area contributed by atoms with Gasteiger partial charge in [-0.15, -0.1) is 0 Å². The molecule has 26 heavy (non-hydrogen) atoms. The van der Waals surface area contributed by atoms with Crippen molar-refractivity contribution in [3.63, 3.8) is 0 Å². The van der Waals surface area contributed by atoms with Gasteiger partial charge >= 0.3 is 5.97 Å². The molecule has 7 heteroatoms. The molecule has 1 N–H and O–H groups in total. The van der Waals surface area contributed by atoms with Gasteiger partial charge in [0, 0.05) is 25.2 Å². The summed E-state index contributed by atoms with van der Waals surface area (Å²) < 4.78 is 18.2. The van der Waals surface area contributed by atoms with Crippen LogP contribution in [0.1, 0.15) is 21.5 Å². The molecule has 0 aromatic heterocycles. The molecule has 0 bridgehead atoms. The van der Waals surface area contributed by atoms with Crippen LogP contribution in [0.25, 0.3) is 0 Å². The van der Waals surface area contributed by atoms with Gasteiger partial charge in [-0.3, -0.25) is 4.79 Å². The lowest BCUT2D eigenvalue weighted by atomic mass is 10.1. The summed E-state index contributed by atoms with van der Waals surface area (Å²) in [4.78, 5) is 25.3. The highest BCUT2D eigenvalue weighted by molar-refractivity contribution is 6.31. The maximum absolute atomic E-state index is 13.2. The van der Waals surface area contributed by atoms with E-state index in [1.165, 1.54) is 37.4 Å². The van der Waals surface area contributed by atoms with Crippen molar-refractivity contribution in [2.75, 3.05) is 20.3 Å². The number of rotatable bonds is 8. The molecule has 2 aromatic rings. The average Bonchev–Trinajstić information content (AvgIpc) is 2.60. The molecule has 0 unspecified atom stereocenters. The Kier molecular flexibility index (Phi) is 7.12. The molecule has 0 aliphatic rings. The quantitative estimate of drug-likeness (QED) is 0.763. The number of carbonyl (C=O) groups is 2. The Morgan fingerprint density at radius 1 is 1.23 bits per heavy atom. The molecular formula is C19H19ClFNO4. The monoisotopic (exact) mass is 379 g/mol. The molecule has 0 aliphatic carbocycles. The van der Waals surface area contributed by atoms with Gasteiger partial charge in [0.05, 0.1) is 18.6 Å². The fourth-order valence-electron chi connectivity index (χ4n) is 2.45. The number of ether oxygens (including phenoxy) is 1. The molecular weight excluding hydrogens is 361 g/mol. The smallest absolute Gasteiger partial charge is 0.335 e. The van der Waals surface area contributed by atoms with E-state index in [4.69, 9.17) is 21.4 Å². The number of carboxylic acid groups (broad SMARTS) is 1. The summed E-state index contributed by atoms with van der Waals surface area (Å²) in [5.74, 6) is -1.70. The van der Waals surface area contributed by atoms with Crippen LogP contribution in [0, 0.1) is 5.82 Å². The van der Waals surface area contributed by atoms with Crippen LogP contribution in [0.2, 0.25) is 5.02 Å². The fraction of sp³-hybridized carbons (Fsp3) is 0.263. The number of carboxylic acids is 1. The number of carbonyl (C=O) groups excluding carboxylic acids is 1. The largest absolute Gasteiger partial charge is 0.478 e. The molecule has 138 valence electrons. The molecule has 0 saturated carbocycles. The van der Waals surface area contributed by atoms with Gasteiger partial charge in [0.15, 0.2) is 0 Å². The van der Waals surface area contributed by atoms with Crippen molar-refractivity contribution in [2.24, 2.45) is 0 Å². The Morgan fingerprint density at radius 3 is 2.65 bits per heavy atom. The lowest BCUT2D eigenvalue weighted by molar-refractivity contribution is -0.131. The molecule has 0 radical (unpaired) electrons. The highest BCUT2D eigenvalue weighted by Gasteiger charge is 2.17. The zero-order chi connectivity index (χ0) is 19.1. The minimum absolute atomic E-state index is 0.0453. The van der Waals surface area contributed by atoms with Crippen molar-refractivity contribution in [3.8, 4) is 0 Å². The van der Waals surface area contributed by atoms with Crippen molar-refractivity contribution in [1.29, 1.82) is 0 Å². The number of methoxy groups -OCH3 is 1. The minimum Gasteiger partial charge on any atom is -0.478 e. The van der Waals surface area contributed by atoms with Crippen molar-refractivity contribution in [3.05, 3.63) is 70.0 Å². The Hall–Kier alpha value is -2.44. The number of halogens is 2. The average molecular weight is 380 g/mol. The van der Waals surface area contributed by atoms with Gasteiger partial charge in [-0.05, 0) is 35.4 Å². The maximum Gasteiger partial charge on any atom is 0.335 e. The second kappa shape index (κ2) is 9.31. The first-order valence-corrected chi connectivity index (χ1v) is 8.31. The molecule has 0 aliphatic heterocycles. The number of nitrogens with zero attached hydrogens (tertiary/aromatic N) is 1. The van der Waals surface area contributed by atoms with Gasteiger partial charge in [0.2, 0.25) is 5.91 Å². The van der Waals surface area contributed by atoms with Crippen LogP contribution >= 0.6 is 11.6 Å². The second-order valence-electron chi connectivity index (χ2n) is 5.73. The Labute approximate surface area is 156 Å². The van der Waals surface area contributed by atoms with Gasteiger partial charge in [-0.2, -0.15) is 0 Å². The summed E-state index contributed by atoms with van der Waals surface area (Å²) in [5.41, 5.74) is 1.35. The van der Waals surface area contributed by atoms with E-state index in [2.05, 4.69) is 0 Å². The van der Waals surface area contributed by atoms with E-state index in [1.807, 2.05) is 0 Å². The highest BCUT2D eigenvalue weighted by atomic mass is 35.5. The van der Waals surface area contributed by atoms with Crippen LogP contribution in [0.3, 0.4) is 0 Å². The molecule has 0 heterocycles. The predicted octanol–water partition coefficient (Wildman–Crippen LogP) is 3.40. The third-order valence-corrected chi connectivity index (χ3v) is 4.18. The molecule has 0 saturated heterocycles. The Morgan fingerprint density at radius 2 is 2.00 bits per heavy atom. The van der Waals surface area contributed by atoms with E-state index in [-0.39, 0.29) is 29.5 Å². The lowest BCUT2D eigenvalue weighted by Gasteiger charge is -2.23. The van der Waals surface area contributed by atoms with Crippen molar-refractivity contribution in [2.45, 2.75) is 13.0 Å². The first-order chi connectivity index (χ1) is 12.4. The van der Waals surface area contributed by atoms with E-state index in [1.54, 1.807) is 17.0 Å². The zero-order valence-electron chi connectivity index (χ0n) is 14.2. The lowest BCUT2D eigenvalue weighted by Crippen LogP contribution is -2.34. The third kappa shape index (κ3) is 5.54. The van der Waals surface area contributed by atoms with E-state index in [9.17, 15) is 14.0 Å². The molecule has 2 aromatic carbocycles. The number of benzene rings is 2. The third-order valence-electron chi connectivity index (χ3n) is 3.82. The summed E-state index contributed by atoms with van der Waals surface area (Å²) in [6, 6.07) is 10.3. The maximum atomic E-state index is 13.2. The molecule has 0 fully saturated rings. The summed E-state index contributed by atoms with van der Waals surface area (Å²) in [6.45, 7) is 0.876. The first-order valence-electron chi connectivity index (χ1n) is 7.93. The minimum atomic E-state index is -1.05. The zero-order valence-corrected chi connectivity index (χ0v) is 15.0. The summed E-state index contributed by atoms with van der Waals surface area (Å²) >= 11 is 6.05. The van der Waals surface area contributed by atoms with E-state index in [0.29, 0.717) is 24.3 Å². The van der Waals surface area contributed by atoms with Crippen LogP contribution in [0.5, 0.6) is 0 Å². The number of hydrogen-bond donors (Lipinski definition) is 1. The molecule has 0 atom stereocenters. The second-order valence-corrected chi connectivity index (χ2v) is 6.13. The fourth-order valence-corrected chi connectivity index (χ4v) is 2.68. The van der Waals surface area contributed by atoms with Crippen LogP contribution in [0.4, 0.5) is 4.39 Å². The van der Waals surface area contributed by atoms with Crippen LogP contribution in [0.15, 0.2) is 42.5 Å². The summed E-state index contributed by atoms with van der Waals surface area (Å²) in [5, 5.41) is 9.30. The van der Waals surface area contributed by atoms with Gasteiger partial charge in [0.25, 0.3) is 0 Å². The number of amides is 1. The standard InChI is InChI=1S/C19H19ClFNO4/c1-26-8-7-22(12-15-5-6-16(21)11-17(15)20)18(23)10-13-3-2-4-14(9-13)19(24)25/h2-6,9,11H,7-8,10,12H2,1H3,(H,24,25). The van der Waals surface area contributed by atoms with Crippen molar-refractivity contribution >= 4 is 23.5 Å². The van der Waals surface area contributed by atoms with Crippen LogP contribution < -0.4 is 0 Å². The van der Waals surface area contributed by atoms with Crippen LogP contribution in [-0.4, -0.2) is 42.1 Å². The van der Waals surface area contributed by atoms with E-state index < -0.39 is 11.8 Å². The number of aromatic carboxylic acids is 1. The van der Waals surface area contributed by atoms with Crippen LogP contribution in [-0.2, 0) is 22.5 Å². The van der Waals surface area contributed by atoms with Crippen molar-refractivity contribution in [1.82, 2.24) is 4.90 Å². The molecule has 1 amide bonds. The van der Waals surface area contributed by atoms with E-state index in [0.717, 1.165) is 0 Å². The summed E-state index contributed by atoms with van der Waals surface area (Å²) in [7, 11) is 1.53. The number of hydrogen-bond acceptors (Lipinski definition) is 3. The topological polar surface area (TPSA) is 66.8 Å². The Bertz CT molecular complexity index is 797. The molecule has 0 spiro atoms. The Balaban J connectivity index is 2.15. The predicted molar refractivity (Wildman–Crippen MR) is 95.8 cm³/mol. The van der Waals surface area contributed by atoms with Gasteiger partial charge in [-0.1, -0.05) is 29.8 Å². The van der Waals surface area contributed by atoms with E-state index >= 15 is 0 Å². The SMILES string of the molecule is COCCN(Cc1ccc(F)cc1Cl)C(=O)Cc1cccc(C(=O)O)c1. The van der Waals surface area contributed by atoms with Crippen molar-refractivity contribution < 1.29 is 23.8 Å². The molecule has 5 nitrogen and oxygen atoms in total. The first kappa shape index (κ1) is 19.9. The van der Waals surface area contributed by atoms with Gasteiger partial charge < -0.3 is 14.7 Å². The van der Waals surface area contributed by atoms with Gasteiger partial charge in [-0.25, -0.2) is 9.18 Å². The highest BCUT2D eigenvalue weighted by Crippen LogP contribution is 2.19. The molecule has 2 rings (SSSR count). The van der Waals surface area contributed by atoms with Gasteiger partial charge in [0.1, 0.15) is 5.82 Å². The normalized spacial score (nSPS) is 10.6.